The lowest BCUT2D eigenvalue weighted by Crippen LogP contribution is -2.08. The maximum atomic E-state index is 13.2. The first kappa shape index (κ1) is 11.2. The van der Waals surface area contributed by atoms with Gasteiger partial charge < -0.3 is 9.52 Å². The summed E-state index contributed by atoms with van der Waals surface area (Å²) < 4.78 is 43.4. The topological polar surface area (TPSA) is 67.5 Å². The molecule has 88 valence electrons. The molecule has 7 heteroatoms. The van der Waals surface area contributed by atoms with E-state index in [2.05, 4.69) is 4.42 Å². The molecule has 0 bridgehead atoms. The number of halogens is 3. The van der Waals surface area contributed by atoms with E-state index in [1.54, 1.807) is 0 Å². The summed E-state index contributed by atoms with van der Waals surface area (Å²) >= 11 is 0. The molecule has 0 spiro atoms. The highest BCUT2D eigenvalue weighted by Gasteiger charge is 2.19. The van der Waals surface area contributed by atoms with Crippen LogP contribution in [-0.2, 0) is 0 Å². The van der Waals surface area contributed by atoms with Crippen LogP contribution in [0.3, 0.4) is 0 Å². The molecule has 1 N–H and O–H groups in total. The van der Waals surface area contributed by atoms with Crippen LogP contribution in [0.15, 0.2) is 21.3 Å². The third kappa shape index (κ3) is 1.65. The first-order valence-corrected chi connectivity index (χ1v) is 4.26. The Balaban J connectivity index is 2.98. The quantitative estimate of drug-likeness (QED) is 0.778. The van der Waals surface area contributed by atoms with Gasteiger partial charge in [-0.2, -0.15) is 4.39 Å². The molecule has 1 heterocycles. The highest BCUT2D eigenvalue weighted by atomic mass is 19.2. The Morgan fingerprint density at radius 2 is 1.82 bits per heavy atom. The molecule has 0 radical (unpaired) electrons. The lowest BCUT2D eigenvalue weighted by molar-refractivity contribution is 0.0662. The lowest BCUT2D eigenvalue weighted by Gasteiger charge is -2.01. The normalized spacial score (nSPS) is 10.8. The average Bonchev–Trinajstić information content (AvgIpc) is 2.27. The monoisotopic (exact) mass is 244 g/mol. The van der Waals surface area contributed by atoms with E-state index < -0.39 is 45.6 Å². The van der Waals surface area contributed by atoms with Crippen molar-refractivity contribution in [2.45, 2.75) is 0 Å². The fraction of sp³-hybridized carbons (Fsp3) is 0. The smallest absolute Gasteiger partial charge is 0.371 e. The van der Waals surface area contributed by atoms with Gasteiger partial charge in [-0.05, 0) is 6.07 Å². The summed E-state index contributed by atoms with van der Waals surface area (Å²) in [7, 11) is 0. The van der Waals surface area contributed by atoms with Crippen LogP contribution in [0.4, 0.5) is 13.2 Å². The van der Waals surface area contributed by atoms with Gasteiger partial charge >= 0.3 is 5.97 Å². The Labute approximate surface area is 90.9 Å². The molecular formula is C10H3F3O4. The molecule has 4 nitrogen and oxygen atoms in total. The van der Waals surface area contributed by atoms with E-state index in [-0.39, 0.29) is 0 Å². The van der Waals surface area contributed by atoms with Crippen molar-refractivity contribution in [3.8, 4) is 0 Å². The maximum Gasteiger partial charge on any atom is 0.371 e. The number of rotatable bonds is 1. The summed E-state index contributed by atoms with van der Waals surface area (Å²) in [5.74, 6) is -7.59. The van der Waals surface area contributed by atoms with E-state index in [1.165, 1.54) is 0 Å². The van der Waals surface area contributed by atoms with Gasteiger partial charge in [0.1, 0.15) is 0 Å². The summed E-state index contributed by atoms with van der Waals surface area (Å²) in [6.07, 6.45) is 0. The van der Waals surface area contributed by atoms with E-state index in [0.29, 0.717) is 12.1 Å². The average molecular weight is 244 g/mol. The Hall–Kier alpha value is -2.31. The van der Waals surface area contributed by atoms with Crippen LogP contribution < -0.4 is 5.43 Å². The van der Waals surface area contributed by atoms with Crippen molar-refractivity contribution < 1.29 is 27.5 Å². The first-order valence-electron chi connectivity index (χ1n) is 4.26. The number of hydrogen-bond donors (Lipinski definition) is 1. The van der Waals surface area contributed by atoms with Gasteiger partial charge in [-0.15, -0.1) is 0 Å². The number of carbonyl (C=O) groups is 1. The van der Waals surface area contributed by atoms with E-state index in [0.717, 1.165) is 0 Å². The molecule has 0 aliphatic rings. The van der Waals surface area contributed by atoms with Crippen LogP contribution in [0.5, 0.6) is 0 Å². The summed E-state index contributed by atoms with van der Waals surface area (Å²) in [5.41, 5.74) is -1.89. The second-order valence-corrected chi connectivity index (χ2v) is 3.14. The fourth-order valence-corrected chi connectivity index (χ4v) is 1.30. The maximum absolute atomic E-state index is 13.2. The predicted molar refractivity (Wildman–Crippen MR) is 49.3 cm³/mol. The summed E-state index contributed by atoms with van der Waals surface area (Å²) in [6, 6.07) is 1.01. The van der Waals surface area contributed by atoms with Gasteiger partial charge in [0.2, 0.25) is 11.6 Å². The fourth-order valence-electron chi connectivity index (χ4n) is 1.30. The predicted octanol–water partition coefficient (Wildman–Crippen LogP) is 1.91. The largest absolute Gasteiger partial charge is 0.475 e. The second kappa shape index (κ2) is 3.62. The van der Waals surface area contributed by atoms with Gasteiger partial charge in [0.25, 0.3) is 0 Å². The van der Waals surface area contributed by atoms with Crippen LogP contribution >= 0.6 is 0 Å². The van der Waals surface area contributed by atoms with E-state index >= 15 is 0 Å². The van der Waals surface area contributed by atoms with Gasteiger partial charge in [0.05, 0.1) is 5.39 Å². The van der Waals surface area contributed by atoms with Crippen molar-refractivity contribution in [2.24, 2.45) is 0 Å². The third-order valence-electron chi connectivity index (χ3n) is 2.07. The molecule has 0 atom stereocenters. The first-order chi connectivity index (χ1) is 7.91. The summed E-state index contributed by atoms with van der Waals surface area (Å²) in [5, 5.41) is 8.00. The van der Waals surface area contributed by atoms with E-state index in [9.17, 15) is 22.8 Å². The molecule has 0 unspecified atom stereocenters. The molecule has 0 fully saturated rings. The Morgan fingerprint density at radius 3 is 2.41 bits per heavy atom. The van der Waals surface area contributed by atoms with Crippen molar-refractivity contribution >= 4 is 16.9 Å². The number of fused-ring (bicyclic) bond motifs is 1. The summed E-state index contributed by atoms with van der Waals surface area (Å²) in [6.45, 7) is 0. The van der Waals surface area contributed by atoms with Gasteiger partial charge in [0, 0.05) is 6.07 Å². The molecule has 17 heavy (non-hydrogen) atoms. The Bertz CT molecular complexity index is 690. The number of carboxylic acid groups (broad SMARTS) is 1. The Kier molecular flexibility index (Phi) is 2.38. The van der Waals surface area contributed by atoms with Gasteiger partial charge in [0.15, 0.2) is 22.6 Å². The van der Waals surface area contributed by atoms with E-state index in [1.807, 2.05) is 0 Å². The molecule has 0 amide bonds. The molecule has 2 rings (SSSR count). The highest BCUT2D eigenvalue weighted by molar-refractivity contribution is 5.87. The molecule has 1 aromatic heterocycles. The standard InChI is InChI=1S/C10H3F3O4/c11-4-1-3-5(14)2-6(10(15)16)17-9(3)8(13)7(4)12/h1-2H,(H,15,16). The minimum absolute atomic E-state index is 0.450. The number of hydrogen-bond acceptors (Lipinski definition) is 3. The molecule has 0 saturated carbocycles. The SMILES string of the molecule is O=C(O)c1cc(=O)c2cc(F)c(F)c(F)c2o1. The van der Waals surface area contributed by atoms with E-state index in [4.69, 9.17) is 5.11 Å². The minimum Gasteiger partial charge on any atom is -0.475 e. The van der Waals surface area contributed by atoms with Crippen LogP contribution in [0.2, 0.25) is 0 Å². The van der Waals surface area contributed by atoms with Crippen molar-refractivity contribution in [3.63, 3.8) is 0 Å². The number of carboxylic acids is 1. The van der Waals surface area contributed by atoms with Gasteiger partial charge in [-0.1, -0.05) is 0 Å². The number of aromatic carboxylic acids is 1. The molecule has 0 saturated heterocycles. The number of benzene rings is 1. The van der Waals surface area contributed by atoms with Crippen LogP contribution in [0.1, 0.15) is 10.6 Å². The third-order valence-corrected chi connectivity index (χ3v) is 2.07. The van der Waals surface area contributed by atoms with Crippen LogP contribution in [0, 0.1) is 17.5 Å². The highest BCUT2D eigenvalue weighted by Crippen LogP contribution is 2.21. The molecule has 0 aliphatic heterocycles. The second-order valence-electron chi connectivity index (χ2n) is 3.14. The van der Waals surface area contributed by atoms with Crippen molar-refractivity contribution in [1.29, 1.82) is 0 Å². The molecule has 1 aromatic carbocycles. The van der Waals surface area contributed by atoms with Gasteiger partial charge in [-0.3, -0.25) is 4.79 Å². The van der Waals surface area contributed by atoms with Gasteiger partial charge in [-0.25, -0.2) is 13.6 Å². The zero-order valence-corrected chi connectivity index (χ0v) is 7.96. The molecule has 0 aliphatic carbocycles. The lowest BCUT2D eigenvalue weighted by atomic mass is 10.2. The zero-order valence-electron chi connectivity index (χ0n) is 7.96. The van der Waals surface area contributed by atoms with Crippen molar-refractivity contribution in [3.05, 3.63) is 45.6 Å². The van der Waals surface area contributed by atoms with Crippen molar-refractivity contribution in [1.82, 2.24) is 0 Å². The summed E-state index contributed by atoms with van der Waals surface area (Å²) in [4.78, 5) is 21.9. The van der Waals surface area contributed by atoms with Crippen LogP contribution in [0.25, 0.3) is 11.0 Å². The minimum atomic E-state index is -1.83. The zero-order chi connectivity index (χ0) is 12.7. The van der Waals surface area contributed by atoms with Crippen molar-refractivity contribution in [2.75, 3.05) is 0 Å². The molecule has 2 aromatic rings. The Morgan fingerprint density at radius 1 is 1.18 bits per heavy atom. The molecular weight excluding hydrogens is 241 g/mol. The van der Waals surface area contributed by atoms with Crippen LogP contribution in [-0.4, -0.2) is 11.1 Å².